The quantitative estimate of drug-likeness (QED) is 0.229. The molecule has 1 aliphatic rings. The largest absolute Gasteiger partial charge is 0.0843 e. The van der Waals surface area contributed by atoms with E-state index in [1.807, 2.05) is 24.3 Å². The van der Waals surface area contributed by atoms with Gasteiger partial charge in [0.25, 0.3) is 0 Å². The summed E-state index contributed by atoms with van der Waals surface area (Å²) in [6.07, 6.45) is 8.91. The second-order valence-electron chi connectivity index (χ2n) is 7.96. The Hall–Kier alpha value is -2.49. The summed E-state index contributed by atoms with van der Waals surface area (Å²) in [5.74, 6) is 6.54. The third-order valence-electron chi connectivity index (χ3n) is 5.71. The van der Waals surface area contributed by atoms with Crippen molar-refractivity contribution in [1.29, 1.82) is 0 Å². The Bertz CT molecular complexity index is 1050. The molecule has 0 radical (unpaired) electrons. The van der Waals surface area contributed by atoms with Crippen molar-refractivity contribution >= 4 is 11.6 Å². The predicted molar refractivity (Wildman–Crippen MR) is 125 cm³/mol. The SMILES string of the molecule is CCCCCCCc1ccc2c(c1)Cc1cc(C#Cc3ccc(Cl)cc3)ccc1-2. The molecule has 0 N–H and O–H groups in total. The molecular formula is C28H27Cl. The molecule has 1 aliphatic carbocycles. The molecule has 0 spiro atoms. The zero-order chi connectivity index (χ0) is 20.1. The molecule has 4 rings (SSSR count). The van der Waals surface area contributed by atoms with Gasteiger partial charge in [0.2, 0.25) is 0 Å². The molecule has 0 bridgehead atoms. The van der Waals surface area contributed by atoms with E-state index in [9.17, 15) is 0 Å². The molecule has 146 valence electrons. The van der Waals surface area contributed by atoms with Gasteiger partial charge < -0.3 is 0 Å². The highest BCUT2D eigenvalue weighted by Crippen LogP contribution is 2.37. The van der Waals surface area contributed by atoms with Crippen LogP contribution in [0.25, 0.3) is 11.1 Å². The Morgan fingerprint density at radius 3 is 2.17 bits per heavy atom. The summed E-state index contributed by atoms with van der Waals surface area (Å²) in [6, 6.07) is 21.4. The van der Waals surface area contributed by atoms with Crippen LogP contribution < -0.4 is 0 Å². The second-order valence-corrected chi connectivity index (χ2v) is 8.40. The van der Waals surface area contributed by atoms with Crippen LogP contribution in [0.15, 0.2) is 60.7 Å². The molecule has 3 aromatic rings. The number of rotatable bonds is 6. The molecule has 0 atom stereocenters. The average molecular weight is 399 g/mol. The van der Waals surface area contributed by atoms with Crippen LogP contribution in [0.3, 0.4) is 0 Å². The number of fused-ring (bicyclic) bond motifs is 3. The van der Waals surface area contributed by atoms with E-state index in [-0.39, 0.29) is 0 Å². The summed E-state index contributed by atoms with van der Waals surface area (Å²) < 4.78 is 0. The Morgan fingerprint density at radius 1 is 0.724 bits per heavy atom. The van der Waals surface area contributed by atoms with Crippen molar-refractivity contribution in [3.8, 4) is 23.0 Å². The van der Waals surface area contributed by atoms with Crippen molar-refractivity contribution in [2.45, 2.75) is 51.9 Å². The Morgan fingerprint density at radius 2 is 1.38 bits per heavy atom. The lowest BCUT2D eigenvalue weighted by Gasteiger charge is -2.06. The first kappa shape index (κ1) is 19.8. The summed E-state index contributed by atoms with van der Waals surface area (Å²) in [7, 11) is 0. The first-order valence-electron chi connectivity index (χ1n) is 10.8. The van der Waals surface area contributed by atoms with E-state index >= 15 is 0 Å². The van der Waals surface area contributed by atoms with Gasteiger partial charge in [-0.25, -0.2) is 0 Å². The first-order valence-corrected chi connectivity index (χ1v) is 11.1. The number of hydrogen-bond donors (Lipinski definition) is 0. The maximum absolute atomic E-state index is 5.95. The Labute approximate surface area is 179 Å². The van der Waals surface area contributed by atoms with E-state index in [1.54, 1.807) is 0 Å². The van der Waals surface area contributed by atoms with E-state index in [2.05, 4.69) is 55.2 Å². The average Bonchev–Trinajstić information content (AvgIpc) is 3.10. The number of unbranched alkanes of at least 4 members (excludes halogenated alkanes) is 4. The van der Waals surface area contributed by atoms with Gasteiger partial charge in [-0.05, 0) is 83.5 Å². The van der Waals surface area contributed by atoms with Crippen LogP contribution >= 0.6 is 11.6 Å². The highest BCUT2D eigenvalue weighted by Gasteiger charge is 2.18. The third-order valence-corrected chi connectivity index (χ3v) is 5.96. The molecule has 1 heteroatoms. The van der Waals surface area contributed by atoms with Gasteiger partial charge in [0.1, 0.15) is 0 Å². The standard InChI is InChI=1S/C28H27Cl/c1-2-3-4-5-6-7-22-12-16-27-24(18-22)20-25-19-23(13-17-28(25)27)9-8-21-10-14-26(29)15-11-21/h10-19H,2-7,20H2,1H3. The van der Waals surface area contributed by atoms with Crippen LogP contribution in [0.5, 0.6) is 0 Å². The molecule has 29 heavy (non-hydrogen) atoms. The molecule has 0 aliphatic heterocycles. The molecular weight excluding hydrogens is 372 g/mol. The van der Waals surface area contributed by atoms with Gasteiger partial charge in [-0.3, -0.25) is 0 Å². The second kappa shape index (κ2) is 9.34. The summed E-state index contributed by atoms with van der Waals surface area (Å²) in [4.78, 5) is 0. The van der Waals surface area contributed by atoms with Crippen molar-refractivity contribution < 1.29 is 0 Å². The van der Waals surface area contributed by atoms with Gasteiger partial charge >= 0.3 is 0 Å². The minimum Gasteiger partial charge on any atom is -0.0843 e. The van der Waals surface area contributed by atoms with Crippen LogP contribution in [0.1, 0.15) is 66.8 Å². The maximum Gasteiger partial charge on any atom is 0.0406 e. The molecule has 0 saturated heterocycles. The summed E-state index contributed by atoms with van der Waals surface area (Å²) in [5.41, 5.74) is 9.16. The normalized spacial score (nSPS) is 11.5. The van der Waals surface area contributed by atoms with Gasteiger partial charge in [0.05, 0.1) is 0 Å². The number of aryl methyl sites for hydroxylation is 1. The van der Waals surface area contributed by atoms with Gasteiger partial charge in [-0.1, -0.05) is 80.3 Å². The first-order chi connectivity index (χ1) is 14.2. The summed E-state index contributed by atoms with van der Waals surface area (Å²) >= 11 is 5.95. The van der Waals surface area contributed by atoms with Crippen molar-refractivity contribution in [2.24, 2.45) is 0 Å². The molecule has 0 heterocycles. The Balaban J connectivity index is 1.45. The molecule has 0 nitrogen and oxygen atoms in total. The van der Waals surface area contributed by atoms with E-state index < -0.39 is 0 Å². The predicted octanol–water partition coefficient (Wildman–Crippen LogP) is 7.82. The van der Waals surface area contributed by atoms with Crippen molar-refractivity contribution in [3.05, 3.63) is 93.5 Å². The fourth-order valence-electron chi connectivity index (χ4n) is 4.11. The van der Waals surface area contributed by atoms with Crippen LogP contribution in [-0.2, 0) is 12.8 Å². The summed E-state index contributed by atoms with van der Waals surface area (Å²) in [5, 5.41) is 0.742. The van der Waals surface area contributed by atoms with E-state index in [0.29, 0.717) is 0 Å². The minimum absolute atomic E-state index is 0.742. The Kier molecular flexibility index (Phi) is 6.38. The number of halogens is 1. The zero-order valence-electron chi connectivity index (χ0n) is 17.1. The molecule has 0 fully saturated rings. The minimum atomic E-state index is 0.742. The van der Waals surface area contributed by atoms with Crippen molar-refractivity contribution in [3.63, 3.8) is 0 Å². The van der Waals surface area contributed by atoms with Crippen LogP contribution in [0.2, 0.25) is 5.02 Å². The lowest BCUT2D eigenvalue weighted by molar-refractivity contribution is 0.632. The maximum atomic E-state index is 5.95. The van der Waals surface area contributed by atoms with Gasteiger partial charge in [-0.2, -0.15) is 0 Å². The smallest absolute Gasteiger partial charge is 0.0406 e. The van der Waals surface area contributed by atoms with Crippen LogP contribution in [-0.4, -0.2) is 0 Å². The van der Waals surface area contributed by atoms with Gasteiger partial charge in [0.15, 0.2) is 0 Å². The highest BCUT2D eigenvalue weighted by molar-refractivity contribution is 6.30. The van der Waals surface area contributed by atoms with Crippen molar-refractivity contribution in [2.75, 3.05) is 0 Å². The lowest BCUT2D eigenvalue weighted by Crippen LogP contribution is -1.89. The monoisotopic (exact) mass is 398 g/mol. The van der Waals surface area contributed by atoms with Crippen LogP contribution in [0, 0.1) is 11.8 Å². The number of benzene rings is 3. The number of hydrogen-bond acceptors (Lipinski definition) is 0. The molecule has 0 unspecified atom stereocenters. The van der Waals surface area contributed by atoms with E-state index in [4.69, 9.17) is 11.6 Å². The molecule has 0 amide bonds. The van der Waals surface area contributed by atoms with Gasteiger partial charge in [0, 0.05) is 16.1 Å². The molecule has 0 saturated carbocycles. The highest BCUT2D eigenvalue weighted by atomic mass is 35.5. The lowest BCUT2D eigenvalue weighted by atomic mass is 9.99. The summed E-state index contributed by atoms with van der Waals surface area (Å²) in [6.45, 7) is 2.27. The van der Waals surface area contributed by atoms with Gasteiger partial charge in [-0.15, -0.1) is 0 Å². The van der Waals surface area contributed by atoms with Crippen molar-refractivity contribution in [1.82, 2.24) is 0 Å². The third kappa shape index (κ3) is 4.92. The fraction of sp³-hybridized carbons (Fsp3) is 0.286. The zero-order valence-corrected chi connectivity index (χ0v) is 17.9. The van der Waals surface area contributed by atoms with E-state index in [0.717, 1.165) is 22.6 Å². The van der Waals surface area contributed by atoms with E-state index in [1.165, 1.54) is 66.3 Å². The van der Waals surface area contributed by atoms with Crippen LogP contribution in [0.4, 0.5) is 0 Å². The topological polar surface area (TPSA) is 0 Å². The molecule has 3 aromatic carbocycles. The fourth-order valence-corrected chi connectivity index (χ4v) is 4.23. The molecule has 0 aromatic heterocycles.